The summed E-state index contributed by atoms with van der Waals surface area (Å²) in [5.41, 5.74) is 5.72. The second kappa shape index (κ2) is 6.30. The molecule has 1 heterocycles. The highest BCUT2D eigenvalue weighted by molar-refractivity contribution is 5.85. The van der Waals surface area contributed by atoms with Crippen molar-refractivity contribution >= 4 is 5.78 Å². The Bertz CT molecular complexity index is 384. The van der Waals surface area contributed by atoms with Crippen LogP contribution in [0, 0.1) is 5.92 Å². The van der Waals surface area contributed by atoms with Gasteiger partial charge in [0.25, 0.3) is 0 Å². The number of carbonyl (C=O) groups is 1. The van der Waals surface area contributed by atoms with Crippen molar-refractivity contribution in [2.24, 2.45) is 11.7 Å². The van der Waals surface area contributed by atoms with E-state index in [4.69, 9.17) is 5.73 Å². The Morgan fingerprint density at radius 2 is 2.35 bits per heavy atom. The summed E-state index contributed by atoms with van der Waals surface area (Å²) < 4.78 is 1.77. The highest BCUT2D eigenvalue weighted by Gasteiger charge is 2.16. The molecule has 0 aliphatic rings. The van der Waals surface area contributed by atoms with Crippen molar-refractivity contribution in [2.75, 3.05) is 0 Å². The molecule has 0 amide bonds. The fourth-order valence-corrected chi connectivity index (χ4v) is 1.52. The number of Topliss-reactive ketones (excluding diaryl/α,β-unsaturated/α-hetero) is 1. The Balaban J connectivity index is 2.65. The number of nitrogens with zero attached hydrogens (tertiary/aromatic N) is 3. The fourth-order valence-electron chi connectivity index (χ4n) is 1.52. The Morgan fingerprint density at radius 3 is 2.94 bits per heavy atom. The minimum absolute atomic E-state index is 0.0251. The molecule has 1 rings (SSSR count). The second-order valence-corrected chi connectivity index (χ2v) is 4.53. The summed E-state index contributed by atoms with van der Waals surface area (Å²) in [6.45, 7) is 8.52. The lowest BCUT2D eigenvalue weighted by molar-refractivity contribution is -0.119. The molecule has 0 radical (unpaired) electrons. The molecule has 0 saturated heterocycles. The molecular formula is C12H20N4O. The monoisotopic (exact) mass is 236 g/mol. The van der Waals surface area contributed by atoms with Gasteiger partial charge in [-0.25, -0.2) is 9.67 Å². The molecule has 1 aromatic rings. The van der Waals surface area contributed by atoms with Crippen LogP contribution in [0.2, 0.25) is 0 Å². The van der Waals surface area contributed by atoms with Crippen LogP contribution in [-0.2, 0) is 17.8 Å². The zero-order chi connectivity index (χ0) is 12.8. The summed E-state index contributed by atoms with van der Waals surface area (Å²) in [5.74, 6) is 1.12. The van der Waals surface area contributed by atoms with E-state index in [0.29, 0.717) is 18.2 Å². The van der Waals surface area contributed by atoms with Crippen LogP contribution >= 0.6 is 0 Å². The van der Waals surface area contributed by atoms with Gasteiger partial charge in [-0.3, -0.25) is 4.79 Å². The predicted molar refractivity (Wildman–Crippen MR) is 66.4 cm³/mol. The van der Waals surface area contributed by atoms with Gasteiger partial charge in [-0.1, -0.05) is 19.9 Å². The van der Waals surface area contributed by atoms with E-state index in [1.165, 1.54) is 6.33 Å². The Hall–Kier alpha value is -1.49. The average molecular weight is 236 g/mol. The summed E-state index contributed by atoms with van der Waals surface area (Å²) in [7, 11) is 0. The van der Waals surface area contributed by atoms with Gasteiger partial charge in [0, 0.05) is 6.54 Å². The summed E-state index contributed by atoms with van der Waals surface area (Å²) in [5, 5.41) is 4.11. The Labute approximate surface area is 102 Å². The third-order valence-corrected chi connectivity index (χ3v) is 2.40. The SMILES string of the molecule is C=CCC(N)C(=O)Cc1ncnn1CC(C)C. The van der Waals surface area contributed by atoms with E-state index in [0.717, 1.165) is 6.54 Å². The van der Waals surface area contributed by atoms with Gasteiger partial charge in [-0.05, 0) is 12.3 Å². The average Bonchev–Trinajstić information content (AvgIpc) is 2.65. The molecule has 0 aliphatic carbocycles. The maximum atomic E-state index is 11.8. The summed E-state index contributed by atoms with van der Waals surface area (Å²) in [4.78, 5) is 15.9. The number of nitrogens with two attached hydrogens (primary N) is 1. The molecule has 0 aliphatic heterocycles. The van der Waals surface area contributed by atoms with E-state index in [9.17, 15) is 4.79 Å². The minimum atomic E-state index is -0.489. The van der Waals surface area contributed by atoms with Gasteiger partial charge in [-0.2, -0.15) is 5.10 Å². The maximum Gasteiger partial charge on any atom is 0.157 e. The van der Waals surface area contributed by atoms with Crippen molar-refractivity contribution < 1.29 is 4.79 Å². The van der Waals surface area contributed by atoms with Crippen LogP contribution in [-0.4, -0.2) is 26.6 Å². The van der Waals surface area contributed by atoms with Gasteiger partial charge < -0.3 is 5.73 Å². The van der Waals surface area contributed by atoms with E-state index in [1.807, 2.05) is 0 Å². The van der Waals surface area contributed by atoms with Crippen molar-refractivity contribution in [3.05, 3.63) is 24.8 Å². The molecule has 5 heteroatoms. The number of hydrogen-bond acceptors (Lipinski definition) is 4. The van der Waals surface area contributed by atoms with Crippen molar-refractivity contribution in [1.29, 1.82) is 0 Å². The standard InChI is InChI=1S/C12H20N4O/c1-4-5-10(13)11(17)6-12-14-8-15-16(12)7-9(2)3/h4,8-10H,1,5-7,13H2,2-3H3. The number of ketones is 1. The van der Waals surface area contributed by atoms with Crippen LogP contribution in [0.3, 0.4) is 0 Å². The molecule has 0 fully saturated rings. The first-order valence-corrected chi connectivity index (χ1v) is 5.80. The lowest BCUT2D eigenvalue weighted by Gasteiger charge is -2.10. The smallest absolute Gasteiger partial charge is 0.157 e. The van der Waals surface area contributed by atoms with Crippen molar-refractivity contribution in [3.63, 3.8) is 0 Å². The first kappa shape index (κ1) is 13.6. The molecule has 0 aromatic carbocycles. The normalized spacial score (nSPS) is 12.7. The van der Waals surface area contributed by atoms with Gasteiger partial charge in [-0.15, -0.1) is 6.58 Å². The first-order chi connectivity index (χ1) is 8.04. The second-order valence-electron chi connectivity index (χ2n) is 4.53. The lowest BCUT2D eigenvalue weighted by Crippen LogP contribution is -2.32. The summed E-state index contributed by atoms with van der Waals surface area (Å²) >= 11 is 0. The Morgan fingerprint density at radius 1 is 1.65 bits per heavy atom. The molecule has 1 atom stereocenters. The zero-order valence-electron chi connectivity index (χ0n) is 10.5. The van der Waals surface area contributed by atoms with Gasteiger partial charge in [0.05, 0.1) is 12.5 Å². The highest BCUT2D eigenvalue weighted by atomic mass is 16.1. The molecule has 1 unspecified atom stereocenters. The minimum Gasteiger partial charge on any atom is -0.321 e. The number of hydrogen-bond donors (Lipinski definition) is 1. The van der Waals surface area contributed by atoms with Crippen molar-refractivity contribution in [1.82, 2.24) is 14.8 Å². The molecule has 17 heavy (non-hydrogen) atoms. The van der Waals surface area contributed by atoms with E-state index >= 15 is 0 Å². The molecule has 0 spiro atoms. The number of carbonyl (C=O) groups excluding carboxylic acids is 1. The van der Waals surface area contributed by atoms with Gasteiger partial charge in [0.1, 0.15) is 12.2 Å². The molecular weight excluding hydrogens is 216 g/mol. The van der Waals surface area contributed by atoms with Crippen LogP contribution in [0.4, 0.5) is 0 Å². The van der Waals surface area contributed by atoms with Crippen LogP contribution in [0.1, 0.15) is 26.1 Å². The van der Waals surface area contributed by atoms with Crippen LogP contribution in [0.5, 0.6) is 0 Å². The van der Waals surface area contributed by atoms with Crippen molar-refractivity contribution in [2.45, 2.75) is 39.3 Å². The predicted octanol–water partition coefficient (Wildman–Crippen LogP) is 0.949. The summed E-state index contributed by atoms with van der Waals surface area (Å²) in [6.07, 6.45) is 3.87. The molecule has 2 N–H and O–H groups in total. The quantitative estimate of drug-likeness (QED) is 0.715. The van der Waals surface area contributed by atoms with Crippen LogP contribution < -0.4 is 5.73 Å². The number of rotatable bonds is 7. The third kappa shape index (κ3) is 4.11. The zero-order valence-corrected chi connectivity index (χ0v) is 10.5. The highest BCUT2D eigenvalue weighted by Crippen LogP contribution is 2.04. The molecule has 0 saturated carbocycles. The van der Waals surface area contributed by atoms with E-state index in [-0.39, 0.29) is 12.2 Å². The van der Waals surface area contributed by atoms with E-state index in [2.05, 4.69) is 30.5 Å². The first-order valence-electron chi connectivity index (χ1n) is 5.80. The van der Waals surface area contributed by atoms with Crippen molar-refractivity contribution in [3.8, 4) is 0 Å². The van der Waals surface area contributed by atoms with Crippen LogP contribution in [0.15, 0.2) is 19.0 Å². The largest absolute Gasteiger partial charge is 0.321 e. The van der Waals surface area contributed by atoms with Gasteiger partial charge in [0.2, 0.25) is 0 Å². The van der Waals surface area contributed by atoms with E-state index in [1.54, 1.807) is 10.8 Å². The molecule has 0 bridgehead atoms. The lowest BCUT2D eigenvalue weighted by atomic mass is 10.1. The maximum absolute atomic E-state index is 11.8. The molecule has 1 aromatic heterocycles. The van der Waals surface area contributed by atoms with Gasteiger partial charge in [0.15, 0.2) is 5.78 Å². The van der Waals surface area contributed by atoms with E-state index < -0.39 is 6.04 Å². The van der Waals surface area contributed by atoms with Crippen LogP contribution in [0.25, 0.3) is 0 Å². The molecule has 5 nitrogen and oxygen atoms in total. The number of aromatic nitrogens is 3. The summed E-state index contributed by atoms with van der Waals surface area (Å²) in [6, 6.07) is -0.489. The fraction of sp³-hybridized carbons (Fsp3) is 0.583. The molecule has 94 valence electrons. The van der Waals surface area contributed by atoms with Gasteiger partial charge >= 0.3 is 0 Å². The third-order valence-electron chi connectivity index (χ3n) is 2.40. The Kier molecular flexibility index (Phi) is 5.03. The topological polar surface area (TPSA) is 73.8 Å².